The number of carbonyl (C=O) groups is 2. The molecule has 90 valence electrons. The van der Waals surface area contributed by atoms with Crippen LogP contribution in [-0.4, -0.2) is 16.9 Å². The molecule has 0 saturated carbocycles. The Bertz CT molecular complexity index is 528. The summed E-state index contributed by atoms with van der Waals surface area (Å²) in [5.41, 5.74) is -0.0769. The summed E-state index contributed by atoms with van der Waals surface area (Å²) in [6.07, 6.45) is 0. The molecule has 17 heavy (non-hydrogen) atoms. The first kappa shape index (κ1) is 11.8. The number of carbonyl (C=O) groups excluding carboxylic acids is 2. The molecule has 0 fully saturated rings. The second-order valence-electron chi connectivity index (χ2n) is 3.07. The summed E-state index contributed by atoms with van der Waals surface area (Å²) in [4.78, 5) is 32.2. The van der Waals surface area contributed by atoms with Gasteiger partial charge in [-0.05, 0) is 0 Å². The van der Waals surface area contributed by atoms with Crippen molar-refractivity contribution in [2.45, 2.75) is 6.92 Å². The number of nitrogens with zero attached hydrogens (tertiary/aromatic N) is 1. The molecule has 1 aromatic carbocycles. The van der Waals surface area contributed by atoms with Gasteiger partial charge in [0.25, 0.3) is 0 Å². The fourth-order valence-corrected chi connectivity index (χ4v) is 4.27. The predicted molar refractivity (Wildman–Crippen MR) is 63.0 cm³/mol. The van der Waals surface area contributed by atoms with Crippen molar-refractivity contribution in [2.24, 2.45) is 0 Å². The molecule has 8 heteroatoms. The van der Waals surface area contributed by atoms with E-state index in [0.29, 0.717) is 3.57 Å². The molecule has 1 heterocycles. The van der Waals surface area contributed by atoms with Crippen LogP contribution in [0.4, 0.5) is 5.69 Å². The molecule has 0 bridgehead atoms. The molecule has 0 aromatic heterocycles. The van der Waals surface area contributed by atoms with Gasteiger partial charge < -0.3 is 0 Å². The van der Waals surface area contributed by atoms with E-state index in [2.05, 4.69) is 0 Å². The summed E-state index contributed by atoms with van der Waals surface area (Å²) in [5.74, 6) is -1.20. The molecule has 0 N–H and O–H groups in total. The standard InChI is InChI=1S/C9H6INO6/c1-5(12)16-10-8-3-2-6(11(14)15)4-7(8)9(13)17-10/h2-4H,1H3. The van der Waals surface area contributed by atoms with Gasteiger partial charge in [-0.15, -0.1) is 0 Å². The maximum atomic E-state index is 11.4. The van der Waals surface area contributed by atoms with Crippen molar-refractivity contribution >= 4 is 38.3 Å². The molecule has 0 saturated heterocycles. The zero-order chi connectivity index (χ0) is 12.6. The van der Waals surface area contributed by atoms with Crippen molar-refractivity contribution in [1.82, 2.24) is 0 Å². The minimum atomic E-state index is -2.75. The Balaban J connectivity index is 2.40. The minimum absolute atomic E-state index is 0.116. The summed E-state index contributed by atoms with van der Waals surface area (Å²) in [7, 11) is 0. The zero-order valence-corrected chi connectivity index (χ0v) is 10.7. The van der Waals surface area contributed by atoms with Crippen molar-refractivity contribution in [2.75, 3.05) is 0 Å². The molecule has 0 spiro atoms. The number of nitro groups is 1. The average Bonchev–Trinajstić information content (AvgIpc) is 2.54. The van der Waals surface area contributed by atoms with Crippen LogP contribution in [0.2, 0.25) is 0 Å². The van der Waals surface area contributed by atoms with E-state index in [9.17, 15) is 19.7 Å². The summed E-state index contributed by atoms with van der Waals surface area (Å²) in [6.45, 7) is 1.22. The molecule has 0 radical (unpaired) electrons. The Morgan fingerprint density at radius 2 is 2.24 bits per heavy atom. The molecule has 0 unspecified atom stereocenters. The number of benzene rings is 1. The van der Waals surface area contributed by atoms with Crippen LogP contribution in [0, 0.1) is 13.7 Å². The molecular weight excluding hydrogens is 345 g/mol. The Morgan fingerprint density at radius 1 is 1.53 bits per heavy atom. The van der Waals surface area contributed by atoms with E-state index in [0.717, 1.165) is 6.07 Å². The maximum absolute atomic E-state index is 11.4. The Morgan fingerprint density at radius 3 is 2.82 bits per heavy atom. The normalized spacial score (nSPS) is 15.1. The molecule has 1 aliphatic heterocycles. The predicted octanol–water partition coefficient (Wildman–Crippen LogP) is 1.83. The van der Waals surface area contributed by atoms with Crippen LogP contribution in [0.25, 0.3) is 0 Å². The molecule has 1 aliphatic rings. The third kappa shape index (κ3) is 2.20. The molecule has 0 aliphatic carbocycles. The summed E-state index contributed by atoms with van der Waals surface area (Å²) in [6, 6.07) is 3.81. The molecular formula is C9H6INO6. The van der Waals surface area contributed by atoms with Gasteiger partial charge in [0.15, 0.2) is 0 Å². The number of hydrogen-bond donors (Lipinski definition) is 0. The van der Waals surface area contributed by atoms with Crippen molar-refractivity contribution in [3.05, 3.63) is 37.4 Å². The van der Waals surface area contributed by atoms with E-state index in [4.69, 9.17) is 6.13 Å². The van der Waals surface area contributed by atoms with Crippen molar-refractivity contribution in [3.63, 3.8) is 0 Å². The molecule has 7 nitrogen and oxygen atoms in total. The van der Waals surface area contributed by atoms with Gasteiger partial charge in [0.1, 0.15) is 0 Å². The summed E-state index contributed by atoms with van der Waals surface area (Å²) < 4.78 is 10.3. The molecule has 0 amide bonds. The van der Waals surface area contributed by atoms with Crippen molar-refractivity contribution in [3.8, 4) is 0 Å². The number of rotatable bonds is 2. The molecule has 2 rings (SSSR count). The van der Waals surface area contributed by atoms with E-state index >= 15 is 0 Å². The van der Waals surface area contributed by atoms with E-state index in [1.165, 1.54) is 19.1 Å². The van der Waals surface area contributed by atoms with Crippen LogP contribution >= 0.6 is 20.6 Å². The fourth-order valence-electron chi connectivity index (χ4n) is 1.22. The van der Waals surface area contributed by atoms with Gasteiger partial charge in [-0.3, -0.25) is 0 Å². The van der Waals surface area contributed by atoms with Crippen LogP contribution in [-0.2, 0) is 10.9 Å². The van der Waals surface area contributed by atoms with Gasteiger partial charge in [0.05, 0.1) is 0 Å². The van der Waals surface area contributed by atoms with Gasteiger partial charge in [0.2, 0.25) is 0 Å². The second-order valence-corrected chi connectivity index (χ2v) is 6.36. The fraction of sp³-hybridized carbons (Fsp3) is 0.111. The van der Waals surface area contributed by atoms with Crippen LogP contribution in [0.1, 0.15) is 17.3 Å². The van der Waals surface area contributed by atoms with Gasteiger partial charge in [0, 0.05) is 0 Å². The Hall–Kier alpha value is -1.71. The van der Waals surface area contributed by atoms with E-state index in [1.54, 1.807) is 0 Å². The van der Waals surface area contributed by atoms with E-state index < -0.39 is 37.5 Å². The number of nitro benzene ring substituents is 1. The third-order valence-corrected chi connectivity index (χ3v) is 5.58. The van der Waals surface area contributed by atoms with Crippen molar-refractivity contribution in [1.29, 1.82) is 0 Å². The van der Waals surface area contributed by atoms with Crippen LogP contribution in [0.5, 0.6) is 0 Å². The number of hydrogen-bond acceptors (Lipinski definition) is 6. The quantitative estimate of drug-likeness (QED) is 0.458. The van der Waals surface area contributed by atoms with Gasteiger partial charge in [-0.25, -0.2) is 0 Å². The first-order valence-electron chi connectivity index (χ1n) is 4.39. The van der Waals surface area contributed by atoms with Crippen molar-refractivity contribution < 1.29 is 20.6 Å². The first-order chi connectivity index (χ1) is 7.99. The first-order valence-corrected chi connectivity index (χ1v) is 7.23. The topological polar surface area (TPSA) is 95.7 Å². The van der Waals surface area contributed by atoms with Gasteiger partial charge >= 0.3 is 103 Å². The molecule has 0 atom stereocenters. The summed E-state index contributed by atoms with van der Waals surface area (Å²) in [5, 5.41) is 10.5. The average molecular weight is 351 g/mol. The third-order valence-electron chi connectivity index (χ3n) is 1.87. The Kier molecular flexibility index (Phi) is 2.96. The van der Waals surface area contributed by atoms with Gasteiger partial charge in [-0.1, -0.05) is 0 Å². The Labute approximate surface area is 103 Å². The SMILES string of the molecule is CC(=O)OI1OC(=O)c2cc([N+](=O)[O-])ccc21. The number of fused-ring (bicyclic) bond motifs is 1. The monoisotopic (exact) mass is 351 g/mol. The van der Waals surface area contributed by atoms with Gasteiger partial charge in [-0.2, -0.15) is 0 Å². The van der Waals surface area contributed by atoms with Crippen LogP contribution in [0.15, 0.2) is 18.2 Å². The second kappa shape index (κ2) is 4.28. The zero-order valence-electron chi connectivity index (χ0n) is 8.51. The summed E-state index contributed by atoms with van der Waals surface area (Å²) >= 11 is -2.75. The number of non-ortho nitro benzene ring substituents is 1. The molecule has 1 aromatic rings. The van der Waals surface area contributed by atoms with E-state index in [-0.39, 0.29) is 11.3 Å². The van der Waals surface area contributed by atoms with Crippen LogP contribution < -0.4 is 0 Å². The number of halogens is 1. The van der Waals surface area contributed by atoms with Crippen LogP contribution in [0.3, 0.4) is 0 Å². The van der Waals surface area contributed by atoms with E-state index in [1.807, 2.05) is 0 Å².